The third kappa shape index (κ3) is 5.66. The average Bonchev–Trinajstić information content (AvgIpc) is 2.69. The molecule has 0 aromatic rings. The Morgan fingerprint density at radius 2 is 0.921 bits per heavy atom. The van der Waals surface area contributed by atoms with Gasteiger partial charge in [0.2, 0.25) is 0 Å². The number of carbonyl (C=O) groups excluding carboxylic acids is 1. The molecule has 0 N–H and O–H groups in total. The highest BCUT2D eigenvalue weighted by atomic mass is 19.4. The Hall–Kier alpha value is -1.58. The first-order valence-corrected chi connectivity index (χ1v) is 10.7. The highest BCUT2D eigenvalue weighted by Crippen LogP contribution is 2.62. The number of halogens is 15. The zero-order valence-corrected chi connectivity index (χ0v) is 21.1. The lowest BCUT2D eigenvalue weighted by Gasteiger charge is -2.44. The summed E-state index contributed by atoms with van der Waals surface area (Å²) in [4.78, 5) is 12.6. The maximum Gasteiger partial charge on any atom is 0.460 e. The standard InChI is InChI=1S/C21H27F15O2/c1-8-13(5,6)9-14(7,12(2,3)4)11(37)38-10-15(22,23)16(24,25)17(26,27)18(28,29)19(30,31)20(32,33)21(34,35)36/h8-10H2,1-7H3. The van der Waals surface area contributed by atoms with Crippen LogP contribution in [0.1, 0.15) is 61.3 Å². The fourth-order valence-electron chi connectivity index (χ4n) is 3.13. The molecule has 0 bridgehead atoms. The Balaban J connectivity index is 6.43. The van der Waals surface area contributed by atoms with Crippen molar-refractivity contribution in [3.63, 3.8) is 0 Å². The van der Waals surface area contributed by atoms with Crippen LogP contribution in [0.25, 0.3) is 0 Å². The first kappa shape index (κ1) is 36.4. The molecule has 0 heterocycles. The summed E-state index contributed by atoms with van der Waals surface area (Å²) < 4.78 is 204. The molecular weight excluding hydrogens is 569 g/mol. The lowest BCUT2D eigenvalue weighted by molar-refractivity contribution is -0.453. The minimum Gasteiger partial charge on any atom is -0.459 e. The maximum absolute atomic E-state index is 14.1. The Bertz CT molecular complexity index is 854. The van der Waals surface area contributed by atoms with Gasteiger partial charge in [-0.2, -0.15) is 65.9 Å². The smallest absolute Gasteiger partial charge is 0.459 e. The van der Waals surface area contributed by atoms with Crippen LogP contribution < -0.4 is 0 Å². The van der Waals surface area contributed by atoms with Crippen molar-refractivity contribution < 1.29 is 75.4 Å². The summed E-state index contributed by atoms with van der Waals surface area (Å²) in [6.45, 7) is 7.00. The lowest BCUT2D eigenvalue weighted by Crippen LogP contribution is -2.73. The third-order valence-corrected chi connectivity index (χ3v) is 6.67. The van der Waals surface area contributed by atoms with E-state index in [-0.39, 0.29) is 6.42 Å². The summed E-state index contributed by atoms with van der Waals surface area (Å²) >= 11 is 0. The van der Waals surface area contributed by atoms with Crippen molar-refractivity contribution in [2.45, 2.75) is 103 Å². The molecule has 1 unspecified atom stereocenters. The minimum absolute atomic E-state index is 0.173. The van der Waals surface area contributed by atoms with Gasteiger partial charge in [-0.15, -0.1) is 0 Å². The van der Waals surface area contributed by atoms with Gasteiger partial charge in [-0.05, 0) is 24.2 Å². The van der Waals surface area contributed by atoms with Crippen molar-refractivity contribution in [1.82, 2.24) is 0 Å². The van der Waals surface area contributed by atoms with E-state index < -0.39 is 70.5 Å². The summed E-state index contributed by atoms with van der Waals surface area (Å²) in [5.74, 6) is -49.1. The Labute approximate surface area is 208 Å². The van der Waals surface area contributed by atoms with Crippen LogP contribution in [0.3, 0.4) is 0 Å². The van der Waals surface area contributed by atoms with Crippen molar-refractivity contribution >= 4 is 5.97 Å². The number of alkyl halides is 15. The van der Waals surface area contributed by atoms with E-state index in [1.54, 1.807) is 20.8 Å². The Morgan fingerprint density at radius 3 is 1.24 bits per heavy atom. The van der Waals surface area contributed by atoms with Crippen LogP contribution in [0.5, 0.6) is 0 Å². The fraction of sp³-hybridized carbons (Fsp3) is 0.952. The van der Waals surface area contributed by atoms with E-state index in [0.717, 1.165) is 6.92 Å². The topological polar surface area (TPSA) is 26.3 Å². The SMILES string of the molecule is CCC(C)(C)CC(C)(C(=O)OCC(F)(F)C(F)(F)C(F)(F)C(F)(F)C(F)(F)C(F)(F)C(F)(F)F)C(C)(C)C. The summed E-state index contributed by atoms with van der Waals surface area (Å²) in [5.41, 5.74) is -3.72. The minimum atomic E-state index is -8.39. The monoisotopic (exact) mass is 596 g/mol. The molecule has 17 heteroatoms. The Kier molecular flexibility index (Phi) is 9.40. The molecule has 1 atom stereocenters. The van der Waals surface area contributed by atoms with Crippen molar-refractivity contribution in [3.8, 4) is 0 Å². The first-order chi connectivity index (χ1) is 16.1. The normalized spacial score (nSPS) is 17.3. The number of esters is 1. The molecule has 228 valence electrons. The average molecular weight is 596 g/mol. The van der Waals surface area contributed by atoms with Crippen molar-refractivity contribution in [3.05, 3.63) is 0 Å². The van der Waals surface area contributed by atoms with Crippen LogP contribution in [0.15, 0.2) is 0 Å². The van der Waals surface area contributed by atoms with Gasteiger partial charge < -0.3 is 4.74 Å². The van der Waals surface area contributed by atoms with Gasteiger partial charge >= 0.3 is 47.7 Å². The van der Waals surface area contributed by atoms with Gasteiger partial charge in [0.05, 0.1) is 5.41 Å². The number of rotatable bonds is 11. The molecule has 0 saturated heterocycles. The van der Waals surface area contributed by atoms with Crippen LogP contribution >= 0.6 is 0 Å². The molecule has 38 heavy (non-hydrogen) atoms. The summed E-state index contributed by atoms with van der Waals surface area (Å²) in [5, 5.41) is 0. The van der Waals surface area contributed by atoms with Gasteiger partial charge in [-0.1, -0.05) is 48.0 Å². The van der Waals surface area contributed by atoms with Crippen LogP contribution in [-0.4, -0.2) is 54.3 Å². The van der Waals surface area contributed by atoms with Crippen LogP contribution in [0.2, 0.25) is 0 Å². The van der Waals surface area contributed by atoms with Gasteiger partial charge in [-0.3, -0.25) is 4.79 Å². The molecule has 0 aromatic heterocycles. The third-order valence-electron chi connectivity index (χ3n) is 6.67. The van der Waals surface area contributed by atoms with Crippen LogP contribution in [-0.2, 0) is 9.53 Å². The second-order valence-corrected chi connectivity index (χ2v) is 10.9. The van der Waals surface area contributed by atoms with Gasteiger partial charge in [0, 0.05) is 0 Å². The second-order valence-electron chi connectivity index (χ2n) is 10.9. The number of carbonyl (C=O) groups is 1. The van der Waals surface area contributed by atoms with E-state index in [9.17, 15) is 70.7 Å². The Morgan fingerprint density at radius 1 is 0.579 bits per heavy atom. The number of hydrogen-bond acceptors (Lipinski definition) is 2. The molecule has 0 rings (SSSR count). The summed E-state index contributed by atoms with van der Waals surface area (Å²) in [6, 6.07) is 0. The fourth-order valence-corrected chi connectivity index (χ4v) is 3.13. The van der Waals surface area contributed by atoms with E-state index in [0.29, 0.717) is 6.42 Å². The highest BCUT2D eigenvalue weighted by molar-refractivity contribution is 5.77. The molecule has 0 radical (unpaired) electrons. The molecule has 0 amide bonds. The van der Waals surface area contributed by atoms with Gasteiger partial charge in [0.25, 0.3) is 0 Å². The number of hydrogen-bond donors (Lipinski definition) is 0. The van der Waals surface area contributed by atoms with E-state index >= 15 is 0 Å². The highest BCUT2D eigenvalue weighted by Gasteiger charge is 2.93. The summed E-state index contributed by atoms with van der Waals surface area (Å²) in [6.07, 6.45) is -7.47. The molecule has 0 aromatic carbocycles. The predicted molar refractivity (Wildman–Crippen MR) is 103 cm³/mol. The second kappa shape index (κ2) is 9.81. The molecule has 0 spiro atoms. The molecule has 0 saturated carbocycles. The quantitative estimate of drug-likeness (QED) is 0.176. The number of ether oxygens (including phenoxy) is 1. The first-order valence-electron chi connectivity index (χ1n) is 10.7. The van der Waals surface area contributed by atoms with Crippen molar-refractivity contribution in [2.75, 3.05) is 6.61 Å². The molecule has 0 aliphatic heterocycles. The summed E-state index contributed by atoms with van der Waals surface area (Å²) in [7, 11) is 0. The van der Waals surface area contributed by atoms with E-state index in [1.165, 1.54) is 20.8 Å². The van der Waals surface area contributed by atoms with Crippen LogP contribution in [0.4, 0.5) is 65.9 Å². The van der Waals surface area contributed by atoms with E-state index in [2.05, 4.69) is 4.74 Å². The molecular formula is C21H27F15O2. The molecule has 0 aliphatic rings. The van der Waals surface area contributed by atoms with E-state index in [1.807, 2.05) is 0 Å². The largest absolute Gasteiger partial charge is 0.460 e. The van der Waals surface area contributed by atoms with Crippen molar-refractivity contribution in [2.24, 2.45) is 16.2 Å². The van der Waals surface area contributed by atoms with E-state index in [4.69, 9.17) is 0 Å². The maximum atomic E-state index is 14.1. The predicted octanol–water partition coefficient (Wildman–Crippen LogP) is 8.78. The molecule has 2 nitrogen and oxygen atoms in total. The zero-order valence-electron chi connectivity index (χ0n) is 21.1. The lowest BCUT2D eigenvalue weighted by atomic mass is 9.60. The van der Waals surface area contributed by atoms with Gasteiger partial charge in [0.1, 0.15) is 0 Å². The molecule has 0 fully saturated rings. The zero-order chi connectivity index (χ0) is 31.4. The van der Waals surface area contributed by atoms with Crippen LogP contribution in [0, 0.1) is 16.2 Å². The molecule has 0 aliphatic carbocycles. The van der Waals surface area contributed by atoms with Gasteiger partial charge in [-0.25, -0.2) is 0 Å². The van der Waals surface area contributed by atoms with Crippen molar-refractivity contribution in [1.29, 1.82) is 0 Å². The van der Waals surface area contributed by atoms with Gasteiger partial charge in [0.15, 0.2) is 6.61 Å².